The summed E-state index contributed by atoms with van der Waals surface area (Å²) < 4.78 is 47.7. The molecule has 0 bridgehead atoms. The summed E-state index contributed by atoms with van der Waals surface area (Å²) in [5.41, 5.74) is 2.88. The second kappa shape index (κ2) is 9.74. The number of esters is 1. The van der Waals surface area contributed by atoms with Crippen molar-refractivity contribution in [3.05, 3.63) is 90.5 Å². The third-order valence-corrected chi connectivity index (χ3v) is 4.87. The average molecular weight is 468 g/mol. The summed E-state index contributed by atoms with van der Waals surface area (Å²) in [5, 5.41) is 4.36. The van der Waals surface area contributed by atoms with E-state index in [1.54, 1.807) is 55.7 Å². The van der Waals surface area contributed by atoms with Gasteiger partial charge in [-0.05, 0) is 54.4 Å². The van der Waals surface area contributed by atoms with Crippen molar-refractivity contribution in [1.82, 2.24) is 19.7 Å². The number of hydrogen-bond donors (Lipinski definition) is 0. The topological polar surface area (TPSA) is 79.1 Å². The summed E-state index contributed by atoms with van der Waals surface area (Å²) in [6, 6.07) is 16.0. The van der Waals surface area contributed by atoms with Crippen molar-refractivity contribution < 1.29 is 27.4 Å². The van der Waals surface area contributed by atoms with E-state index in [-0.39, 0.29) is 24.2 Å². The first-order chi connectivity index (χ1) is 16.3. The number of alkyl halides is 3. The Labute approximate surface area is 192 Å². The van der Waals surface area contributed by atoms with E-state index < -0.39 is 6.36 Å². The van der Waals surface area contributed by atoms with Crippen molar-refractivity contribution in [1.29, 1.82) is 0 Å². The lowest BCUT2D eigenvalue weighted by Crippen LogP contribution is -2.17. The van der Waals surface area contributed by atoms with E-state index in [2.05, 4.69) is 19.8 Å². The minimum absolute atomic E-state index is 0.115. The smallest absolute Gasteiger partial charge is 0.458 e. The van der Waals surface area contributed by atoms with Crippen LogP contribution < -0.4 is 4.74 Å². The fourth-order valence-corrected chi connectivity index (χ4v) is 3.20. The molecule has 2 heterocycles. The lowest BCUT2D eigenvalue weighted by atomic mass is 10.1. The molecule has 7 nitrogen and oxygen atoms in total. The zero-order valence-electron chi connectivity index (χ0n) is 17.9. The molecule has 0 saturated carbocycles. The number of ether oxygens (including phenoxy) is 2. The number of carbonyl (C=O) groups excluding carboxylic acids is 1. The number of nitrogens with zero attached hydrogens (tertiary/aromatic N) is 4. The minimum Gasteiger partial charge on any atom is -0.458 e. The van der Waals surface area contributed by atoms with Gasteiger partial charge < -0.3 is 9.47 Å². The number of rotatable bonds is 7. The van der Waals surface area contributed by atoms with Crippen molar-refractivity contribution in [2.24, 2.45) is 0 Å². The molecule has 10 heteroatoms. The largest absolute Gasteiger partial charge is 0.573 e. The molecule has 0 N–H and O–H groups in total. The molecule has 1 atom stereocenters. The van der Waals surface area contributed by atoms with Gasteiger partial charge in [-0.15, -0.1) is 18.3 Å². The Morgan fingerprint density at radius 2 is 1.68 bits per heavy atom. The highest BCUT2D eigenvalue weighted by molar-refractivity contribution is 5.73. The standard InChI is InChI=1S/C24H19F3N4O3/c1-16(18-10-12-28-13-11-18)33-22(32)14-17-2-4-19(5-3-17)23-29-15-31(30-23)20-6-8-21(9-7-20)34-24(25,26)27/h2-13,15-16H,14H2,1H3. The number of carbonyl (C=O) groups is 1. The molecule has 2 aromatic carbocycles. The predicted octanol–water partition coefficient (Wildman–Crippen LogP) is 5.07. The molecule has 4 aromatic rings. The Bertz CT molecular complexity index is 1240. The summed E-state index contributed by atoms with van der Waals surface area (Å²) in [5.74, 6) is -0.241. The predicted molar refractivity (Wildman–Crippen MR) is 116 cm³/mol. The highest BCUT2D eigenvalue weighted by Gasteiger charge is 2.31. The number of halogens is 3. The molecule has 1 unspecified atom stereocenters. The molecule has 2 aromatic heterocycles. The summed E-state index contributed by atoms with van der Waals surface area (Å²) in [6.45, 7) is 1.80. The van der Waals surface area contributed by atoms with Crippen LogP contribution in [0.1, 0.15) is 24.2 Å². The van der Waals surface area contributed by atoms with Crippen LogP contribution in [0.5, 0.6) is 5.75 Å². The number of hydrogen-bond acceptors (Lipinski definition) is 6. The van der Waals surface area contributed by atoms with E-state index in [4.69, 9.17) is 4.74 Å². The van der Waals surface area contributed by atoms with Crippen molar-refractivity contribution in [2.75, 3.05) is 0 Å². The van der Waals surface area contributed by atoms with Gasteiger partial charge in [0.05, 0.1) is 12.1 Å². The van der Waals surface area contributed by atoms with Gasteiger partial charge in [0, 0.05) is 18.0 Å². The van der Waals surface area contributed by atoms with Gasteiger partial charge in [-0.1, -0.05) is 24.3 Å². The van der Waals surface area contributed by atoms with Crippen molar-refractivity contribution in [2.45, 2.75) is 25.8 Å². The molecule has 0 aliphatic carbocycles. The van der Waals surface area contributed by atoms with Gasteiger partial charge in [0.2, 0.25) is 0 Å². The summed E-state index contributed by atoms with van der Waals surface area (Å²) in [6.07, 6.45) is -0.263. The van der Waals surface area contributed by atoms with Crippen LogP contribution >= 0.6 is 0 Å². The summed E-state index contributed by atoms with van der Waals surface area (Å²) in [4.78, 5) is 20.5. The van der Waals surface area contributed by atoms with Crippen LogP contribution in [0.3, 0.4) is 0 Å². The van der Waals surface area contributed by atoms with Crippen LogP contribution in [-0.4, -0.2) is 32.1 Å². The van der Waals surface area contributed by atoms with Crippen LogP contribution in [0.4, 0.5) is 13.2 Å². The number of pyridine rings is 1. The number of benzene rings is 2. The van der Waals surface area contributed by atoms with Gasteiger partial charge >= 0.3 is 12.3 Å². The van der Waals surface area contributed by atoms with Crippen LogP contribution in [0.15, 0.2) is 79.4 Å². The Kier molecular flexibility index (Phi) is 6.58. The second-order valence-corrected chi connectivity index (χ2v) is 7.34. The molecular weight excluding hydrogens is 449 g/mol. The molecule has 34 heavy (non-hydrogen) atoms. The monoisotopic (exact) mass is 468 g/mol. The highest BCUT2D eigenvalue weighted by Crippen LogP contribution is 2.24. The molecule has 0 radical (unpaired) electrons. The quantitative estimate of drug-likeness (QED) is 0.352. The normalized spacial score (nSPS) is 12.2. The fourth-order valence-electron chi connectivity index (χ4n) is 3.20. The van der Waals surface area contributed by atoms with Crippen molar-refractivity contribution in [3.63, 3.8) is 0 Å². The van der Waals surface area contributed by atoms with E-state index in [0.717, 1.165) is 16.7 Å². The Balaban J connectivity index is 1.37. The molecule has 0 amide bonds. The first-order valence-corrected chi connectivity index (χ1v) is 10.2. The summed E-state index contributed by atoms with van der Waals surface area (Å²) in [7, 11) is 0. The van der Waals surface area contributed by atoms with Crippen LogP contribution in [0.25, 0.3) is 17.1 Å². The maximum Gasteiger partial charge on any atom is 0.573 e. The van der Waals surface area contributed by atoms with E-state index in [1.807, 2.05) is 0 Å². The zero-order chi connectivity index (χ0) is 24.1. The van der Waals surface area contributed by atoms with Crippen LogP contribution in [0, 0.1) is 0 Å². The third kappa shape index (κ3) is 5.97. The minimum atomic E-state index is -4.75. The van der Waals surface area contributed by atoms with E-state index in [0.29, 0.717) is 11.5 Å². The second-order valence-electron chi connectivity index (χ2n) is 7.34. The number of aromatic nitrogens is 4. The van der Waals surface area contributed by atoms with Crippen LogP contribution in [0.2, 0.25) is 0 Å². The molecule has 174 valence electrons. The van der Waals surface area contributed by atoms with Gasteiger partial charge in [0.25, 0.3) is 0 Å². The fraction of sp³-hybridized carbons (Fsp3) is 0.167. The molecule has 0 saturated heterocycles. The average Bonchev–Trinajstić information content (AvgIpc) is 3.30. The molecule has 4 rings (SSSR count). The van der Waals surface area contributed by atoms with Crippen molar-refractivity contribution in [3.8, 4) is 22.8 Å². The van der Waals surface area contributed by atoms with Crippen molar-refractivity contribution >= 4 is 5.97 Å². The lowest BCUT2D eigenvalue weighted by Gasteiger charge is -2.13. The molecule has 0 fully saturated rings. The molecular formula is C24H19F3N4O3. The van der Waals surface area contributed by atoms with Gasteiger partial charge in [-0.3, -0.25) is 9.78 Å². The van der Waals surface area contributed by atoms with Crippen LogP contribution in [-0.2, 0) is 16.0 Å². The van der Waals surface area contributed by atoms with Gasteiger partial charge in [0.1, 0.15) is 18.2 Å². The summed E-state index contributed by atoms with van der Waals surface area (Å²) >= 11 is 0. The van der Waals surface area contributed by atoms with E-state index in [1.165, 1.54) is 35.3 Å². The van der Waals surface area contributed by atoms with Gasteiger partial charge in [-0.2, -0.15) is 0 Å². The Morgan fingerprint density at radius 3 is 2.32 bits per heavy atom. The van der Waals surface area contributed by atoms with E-state index in [9.17, 15) is 18.0 Å². The van der Waals surface area contributed by atoms with E-state index >= 15 is 0 Å². The SMILES string of the molecule is CC(OC(=O)Cc1ccc(-c2ncn(-c3ccc(OC(F)(F)F)cc3)n2)cc1)c1ccncc1. The van der Waals surface area contributed by atoms with Gasteiger partial charge in [-0.25, -0.2) is 9.67 Å². The highest BCUT2D eigenvalue weighted by atomic mass is 19.4. The molecule has 0 spiro atoms. The Morgan fingerprint density at radius 1 is 1.00 bits per heavy atom. The Hall–Kier alpha value is -4.21. The van der Waals surface area contributed by atoms with Gasteiger partial charge in [0.15, 0.2) is 5.82 Å². The first kappa shape index (κ1) is 23.0. The lowest BCUT2D eigenvalue weighted by molar-refractivity contribution is -0.274. The first-order valence-electron chi connectivity index (χ1n) is 10.2. The maximum atomic E-state index is 12.3. The molecule has 0 aliphatic heterocycles. The zero-order valence-corrected chi connectivity index (χ0v) is 17.9. The maximum absolute atomic E-state index is 12.3. The molecule has 0 aliphatic rings. The third-order valence-electron chi connectivity index (χ3n) is 4.87.